The highest BCUT2D eigenvalue weighted by atomic mass is 16.2. The molecule has 1 atom stereocenters. The molecule has 1 amide bonds. The van der Waals surface area contributed by atoms with Gasteiger partial charge in [0.2, 0.25) is 0 Å². The van der Waals surface area contributed by atoms with Crippen molar-refractivity contribution in [1.82, 2.24) is 30.1 Å². The molecule has 0 radical (unpaired) electrons. The first-order valence-corrected chi connectivity index (χ1v) is 8.31. The number of amides is 1. The number of hydrogen-bond acceptors (Lipinski definition) is 4. The Morgan fingerprint density at radius 3 is 3.00 bits per heavy atom. The third-order valence-corrected chi connectivity index (χ3v) is 4.61. The van der Waals surface area contributed by atoms with E-state index in [1.54, 1.807) is 0 Å². The SMILES string of the molecule is Cc1cnn(C[C@@H]2CCCCN2C(=O)c2ccc3n[nH]nc3c2)c1. The van der Waals surface area contributed by atoms with Gasteiger partial charge in [-0.3, -0.25) is 9.48 Å². The van der Waals surface area contributed by atoms with Gasteiger partial charge < -0.3 is 4.90 Å². The summed E-state index contributed by atoms with van der Waals surface area (Å²) in [5.74, 6) is 0.0634. The molecule has 0 aliphatic carbocycles. The summed E-state index contributed by atoms with van der Waals surface area (Å²) in [6.07, 6.45) is 7.09. The number of H-pyrrole nitrogens is 1. The van der Waals surface area contributed by atoms with E-state index in [1.807, 2.05) is 47.1 Å². The molecule has 0 bridgehead atoms. The van der Waals surface area contributed by atoms with Gasteiger partial charge in [0.1, 0.15) is 11.0 Å². The first kappa shape index (κ1) is 14.9. The van der Waals surface area contributed by atoms with Crippen molar-refractivity contribution in [2.75, 3.05) is 6.54 Å². The van der Waals surface area contributed by atoms with Crippen molar-refractivity contribution in [3.63, 3.8) is 0 Å². The van der Waals surface area contributed by atoms with Gasteiger partial charge in [-0.05, 0) is 49.9 Å². The third kappa shape index (κ3) is 2.77. The van der Waals surface area contributed by atoms with Crippen LogP contribution in [0.4, 0.5) is 0 Å². The fraction of sp³-hybridized carbons (Fsp3) is 0.412. The van der Waals surface area contributed by atoms with Gasteiger partial charge >= 0.3 is 0 Å². The molecule has 1 fully saturated rings. The van der Waals surface area contributed by atoms with E-state index in [2.05, 4.69) is 20.5 Å². The van der Waals surface area contributed by atoms with Crippen LogP contribution < -0.4 is 0 Å². The zero-order valence-corrected chi connectivity index (χ0v) is 13.6. The van der Waals surface area contributed by atoms with Gasteiger partial charge in [0.05, 0.1) is 18.8 Å². The molecule has 124 valence electrons. The number of aromatic nitrogens is 5. The van der Waals surface area contributed by atoms with Crippen molar-refractivity contribution in [3.8, 4) is 0 Å². The molecule has 1 aliphatic rings. The van der Waals surface area contributed by atoms with Gasteiger partial charge in [-0.25, -0.2) is 0 Å². The van der Waals surface area contributed by atoms with Gasteiger partial charge in [0.25, 0.3) is 5.91 Å². The van der Waals surface area contributed by atoms with Crippen LogP contribution in [0.5, 0.6) is 0 Å². The number of aryl methyl sites for hydroxylation is 1. The van der Waals surface area contributed by atoms with Crippen LogP contribution in [0.2, 0.25) is 0 Å². The highest BCUT2D eigenvalue weighted by Gasteiger charge is 2.28. The Hall–Kier alpha value is -2.70. The van der Waals surface area contributed by atoms with Crippen molar-refractivity contribution in [2.24, 2.45) is 0 Å². The lowest BCUT2D eigenvalue weighted by molar-refractivity contribution is 0.0584. The molecule has 7 nitrogen and oxygen atoms in total. The minimum absolute atomic E-state index is 0.0634. The molecular formula is C17H20N6O. The first-order valence-electron chi connectivity index (χ1n) is 8.31. The van der Waals surface area contributed by atoms with Crippen LogP contribution in [-0.4, -0.2) is 48.6 Å². The third-order valence-electron chi connectivity index (χ3n) is 4.61. The van der Waals surface area contributed by atoms with Crippen molar-refractivity contribution in [1.29, 1.82) is 0 Å². The maximum Gasteiger partial charge on any atom is 0.254 e. The predicted molar refractivity (Wildman–Crippen MR) is 89.5 cm³/mol. The first-order chi connectivity index (χ1) is 11.7. The molecule has 4 rings (SSSR count). The average molecular weight is 324 g/mol. The van der Waals surface area contributed by atoms with Crippen molar-refractivity contribution >= 4 is 16.9 Å². The summed E-state index contributed by atoms with van der Waals surface area (Å²) in [5.41, 5.74) is 3.30. The number of likely N-dealkylation sites (tertiary alicyclic amines) is 1. The van der Waals surface area contributed by atoms with Crippen LogP contribution in [0.25, 0.3) is 11.0 Å². The summed E-state index contributed by atoms with van der Waals surface area (Å²) in [7, 11) is 0. The molecule has 0 unspecified atom stereocenters. The number of benzene rings is 1. The zero-order chi connectivity index (χ0) is 16.5. The average Bonchev–Trinajstić information content (AvgIpc) is 3.22. The fourth-order valence-corrected chi connectivity index (χ4v) is 3.38. The summed E-state index contributed by atoms with van der Waals surface area (Å²) in [5, 5.41) is 15.1. The Balaban J connectivity index is 1.57. The van der Waals surface area contributed by atoms with E-state index in [0.29, 0.717) is 5.56 Å². The minimum Gasteiger partial charge on any atom is -0.334 e. The maximum atomic E-state index is 13.0. The van der Waals surface area contributed by atoms with Gasteiger partial charge in [-0.15, -0.1) is 0 Å². The van der Waals surface area contributed by atoms with Crippen LogP contribution in [0, 0.1) is 6.92 Å². The van der Waals surface area contributed by atoms with E-state index in [9.17, 15) is 4.79 Å². The molecule has 3 aromatic rings. The molecule has 1 saturated heterocycles. The van der Waals surface area contributed by atoms with E-state index in [1.165, 1.54) is 0 Å². The molecule has 3 heterocycles. The number of piperidine rings is 1. The van der Waals surface area contributed by atoms with E-state index in [0.717, 1.165) is 48.9 Å². The predicted octanol–water partition coefficient (Wildman–Crippen LogP) is 2.16. The standard InChI is InChI=1S/C17H20N6O/c1-12-9-18-22(10-12)11-14-4-2-3-7-23(14)17(24)13-5-6-15-16(8-13)20-21-19-15/h5-6,8-10,14H,2-4,7,11H2,1H3,(H,19,20,21)/t14-/m0/s1. The lowest BCUT2D eigenvalue weighted by Gasteiger charge is -2.35. The summed E-state index contributed by atoms with van der Waals surface area (Å²) in [6, 6.07) is 5.66. The Kier molecular flexibility index (Phi) is 3.76. The highest BCUT2D eigenvalue weighted by molar-refractivity contribution is 5.97. The second kappa shape index (κ2) is 6.07. The largest absolute Gasteiger partial charge is 0.334 e. The smallest absolute Gasteiger partial charge is 0.254 e. The molecule has 7 heteroatoms. The molecule has 0 spiro atoms. The normalized spacial score (nSPS) is 18.2. The van der Waals surface area contributed by atoms with Crippen LogP contribution >= 0.6 is 0 Å². The van der Waals surface area contributed by atoms with E-state index in [-0.39, 0.29) is 11.9 Å². The summed E-state index contributed by atoms with van der Waals surface area (Å²) in [6.45, 7) is 3.56. The number of carbonyl (C=O) groups excluding carboxylic acids is 1. The minimum atomic E-state index is 0.0634. The second-order valence-corrected chi connectivity index (χ2v) is 6.41. The Morgan fingerprint density at radius 2 is 2.17 bits per heavy atom. The fourth-order valence-electron chi connectivity index (χ4n) is 3.38. The quantitative estimate of drug-likeness (QED) is 0.800. The van der Waals surface area contributed by atoms with Crippen molar-refractivity contribution in [3.05, 3.63) is 41.7 Å². The van der Waals surface area contributed by atoms with Crippen molar-refractivity contribution < 1.29 is 4.79 Å². The van der Waals surface area contributed by atoms with Gasteiger partial charge in [-0.1, -0.05) is 0 Å². The van der Waals surface area contributed by atoms with Gasteiger partial charge in [0, 0.05) is 18.3 Å². The Morgan fingerprint density at radius 1 is 1.29 bits per heavy atom. The lowest BCUT2D eigenvalue weighted by Crippen LogP contribution is -2.45. The van der Waals surface area contributed by atoms with Gasteiger partial charge in [0.15, 0.2) is 0 Å². The number of fused-ring (bicyclic) bond motifs is 1. The number of aromatic amines is 1. The van der Waals surface area contributed by atoms with E-state index >= 15 is 0 Å². The van der Waals surface area contributed by atoms with Crippen molar-refractivity contribution in [2.45, 2.75) is 38.8 Å². The second-order valence-electron chi connectivity index (χ2n) is 6.41. The molecular weight excluding hydrogens is 304 g/mol. The van der Waals surface area contributed by atoms with E-state index in [4.69, 9.17) is 0 Å². The van der Waals surface area contributed by atoms with Crippen LogP contribution in [0.1, 0.15) is 35.2 Å². The topological polar surface area (TPSA) is 79.7 Å². The lowest BCUT2D eigenvalue weighted by atomic mass is 10.0. The van der Waals surface area contributed by atoms with Gasteiger partial charge in [-0.2, -0.15) is 20.5 Å². The Bertz CT molecular complexity index is 867. The van der Waals surface area contributed by atoms with Crippen LogP contribution in [0.15, 0.2) is 30.6 Å². The Labute approximate surface area is 139 Å². The van der Waals surface area contributed by atoms with E-state index < -0.39 is 0 Å². The van der Waals surface area contributed by atoms with Crippen LogP contribution in [-0.2, 0) is 6.54 Å². The molecule has 1 N–H and O–H groups in total. The number of carbonyl (C=O) groups is 1. The molecule has 24 heavy (non-hydrogen) atoms. The molecule has 1 aromatic carbocycles. The molecule has 1 aliphatic heterocycles. The monoisotopic (exact) mass is 324 g/mol. The highest BCUT2D eigenvalue weighted by Crippen LogP contribution is 2.22. The summed E-state index contributed by atoms with van der Waals surface area (Å²) in [4.78, 5) is 15.0. The maximum absolute atomic E-state index is 13.0. The number of nitrogens with one attached hydrogen (secondary N) is 1. The van der Waals surface area contributed by atoms with Crippen LogP contribution in [0.3, 0.4) is 0 Å². The zero-order valence-electron chi connectivity index (χ0n) is 13.6. The summed E-state index contributed by atoms with van der Waals surface area (Å²) < 4.78 is 1.94. The number of hydrogen-bond donors (Lipinski definition) is 1. The number of rotatable bonds is 3. The molecule has 2 aromatic heterocycles. The number of nitrogens with zero attached hydrogens (tertiary/aromatic N) is 5. The summed E-state index contributed by atoms with van der Waals surface area (Å²) >= 11 is 0. The molecule has 0 saturated carbocycles.